The number of ether oxygens (including phenoxy) is 3. The van der Waals surface area contributed by atoms with Crippen molar-refractivity contribution < 1.29 is 19.3 Å². The minimum atomic E-state index is -0.627. The Kier molecular flexibility index (Phi) is 8.43. The Morgan fingerprint density at radius 1 is 1.14 bits per heavy atom. The van der Waals surface area contributed by atoms with E-state index < -0.39 is 6.10 Å². The Bertz CT molecular complexity index is 1120. The van der Waals surface area contributed by atoms with E-state index in [1.807, 2.05) is 66.2 Å². The average molecular weight is 476 g/mol. The molecule has 0 aliphatic heterocycles. The second-order valence-electron chi connectivity index (χ2n) is 8.90. The summed E-state index contributed by atoms with van der Waals surface area (Å²) in [6, 6.07) is 17.5. The first-order chi connectivity index (χ1) is 17.1. The van der Waals surface area contributed by atoms with Crippen LogP contribution in [0.1, 0.15) is 24.1 Å². The van der Waals surface area contributed by atoms with Gasteiger partial charge in [0.1, 0.15) is 18.1 Å². The van der Waals surface area contributed by atoms with Gasteiger partial charge in [-0.1, -0.05) is 24.1 Å². The van der Waals surface area contributed by atoms with Crippen molar-refractivity contribution in [2.24, 2.45) is 5.92 Å². The van der Waals surface area contributed by atoms with Gasteiger partial charge in [0.15, 0.2) is 0 Å². The standard InChI is InChI=1S/C28H33N3O4/c1-4-16-34-20-24(32)18-30(17-22-10-11-22)19-27-21(2)29-31(23-8-6-5-7-9-23)28(27)35-26-14-12-25(33-3)13-15-26/h1,5-9,12-15,22,24,32H,10-11,16-20H2,2-3H3/t24-/m0/s1. The largest absolute Gasteiger partial charge is 0.497 e. The molecule has 0 spiro atoms. The predicted molar refractivity (Wildman–Crippen MR) is 135 cm³/mol. The molecule has 1 aliphatic rings. The third-order valence-corrected chi connectivity index (χ3v) is 5.97. The fraction of sp³-hybridized carbons (Fsp3) is 0.393. The van der Waals surface area contributed by atoms with Gasteiger partial charge in [-0.15, -0.1) is 6.42 Å². The van der Waals surface area contributed by atoms with E-state index in [-0.39, 0.29) is 13.2 Å². The van der Waals surface area contributed by atoms with Crippen LogP contribution in [0.25, 0.3) is 5.69 Å². The topological polar surface area (TPSA) is 69.0 Å². The van der Waals surface area contributed by atoms with Gasteiger partial charge in [0.25, 0.3) is 0 Å². The van der Waals surface area contributed by atoms with Gasteiger partial charge in [0, 0.05) is 19.6 Å². The Balaban J connectivity index is 1.62. The summed E-state index contributed by atoms with van der Waals surface area (Å²) in [5.41, 5.74) is 2.79. The van der Waals surface area contributed by atoms with Crippen LogP contribution in [0.3, 0.4) is 0 Å². The summed E-state index contributed by atoms with van der Waals surface area (Å²) in [7, 11) is 1.64. The van der Waals surface area contributed by atoms with Gasteiger partial charge in [-0.05, 0) is 62.1 Å². The van der Waals surface area contributed by atoms with Gasteiger partial charge < -0.3 is 19.3 Å². The Labute approximate surface area is 207 Å². The van der Waals surface area contributed by atoms with E-state index in [9.17, 15) is 5.11 Å². The third-order valence-electron chi connectivity index (χ3n) is 5.97. The number of nitrogens with zero attached hydrogens (tertiary/aromatic N) is 3. The number of benzene rings is 2. The molecule has 7 heteroatoms. The molecule has 1 aromatic heterocycles. The zero-order chi connectivity index (χ0) is 24.6. The van der Waals surface area contributed by atoms with Gasteiger partial charge in [-0.2, -0.15) is 5.10 Å². The Morgan fingerprint density at radius 2 is 1.86 bits per heavy atom. The normalized spacial score (nSPS) is 14.0. The van der Waals surface area contributed by atoms with Crippen LogP contribution in [0.4, 0.5) is 0 Å². The number of terminal acetylenes is 1. The van der Waals surface area contributed by atoms with Gasteiger partial charge in [-0.25, -0.2) is 4.68 Å². The van der Waals surface area contributed by atoms with E-state index in [0.717, 1.165) is 29.2 Å². The summed E-state index contributed by atoms with van der Waals surface area (Å²) in [6.07, 6.45) is 7.07. The molecule has 3 aromatic rings. The van der Waals surface area contributed by atoms with Crippen LogP contribution in [0.15, 0.2) is 54.6 Å². The molecule has 0 saturated heterocycles. The van der Waals surface area contributed by atoms with E-state index in [4.69, 9.17) is 25.7 Å². The van der Waals surface area contributed by atoms with Gasteiger partial charge in [0.05, 0.1) is 36.8 Å². The van der Waals surface area contributed by atoms with Crippen molar-refractivity contribution in [2.45, 2.75) is 32.4 Å². The van der Waals surface area contributed by atoms with E-state index in [1.54, 1.807) is 7.11 Å². The summed E-state index contributed by atoms with van der Waals surface area (Å²) in [6.45, 7) is 4.40. The first-order valence-corrected chi connectivity index (χ1v) is 11.9. The summed E-state index contributed by atoms with van der Waals surface area (Å²) in [5, 5.41) is 15.4. The summed E-state index contributed by atoms with van der Waals surface area (Å²) >= 11 is 0. The Morgan fingerprint density at radius 3 is 2.51 bits per heavy atom. The molecule has 2 aromatic carbocycles. The second kappa shape index (κ2) is 11.9. The quantitative estimate of drug-likeness (QED) is 0.295. The third kappa shape index (κ3) is 6.86. The maximum absolute atomic E-state index is 10.6. The maximum Gasteiger partial charge on any atom is 0.227 e. The molecule has 35 heavy (non-hydrogen) atoms. The highest BCUT2D eigenvalue weighted by atomic mass is 16.5. The number of rotatable bonds is 13. The fourth-order valence-electron chi connectivity index (χ4n) is 4.02. The summed E-state index contributed by atoms with van der Waals surface area (Å²) in [5.74, 6) is 5.22. The lowest BCUT2D eigenvalue weighted by Gasteiger charge is -2.25. The molecule has 184 valence electrons. The first-order valence-electron chi connectivity index (χ1n) is 11.9. The van der Waals surface area contributed by atoms with E-state index in [1.165, 1.54) is 12.8 Å². The second-order valence-corrected chi connectivity index (χ2v) is 8.90. The highest BCUT2D eigenvalue weighted by Crippen LogP contribution is 2.34. The van der Waals surface area contributed by atoms with E-state index in [2.05, 4.69) is 10.8 Å². The monoisotopic (exact) mass is 475 g/mol. The number of aryl methyl sites for hydroxylation is 1. The van der Waals surface area contributed by atoms with Gasteiger partial charge in [0.2, 0.25) is 5.88 Å². The number of hydrogen-bond donors (Lipinski definition) is 1. The van der Waals surface area contributed by atoms with E-state index in [0.29, 0.717) is 30.6 Å². The molecule has 1 fully saturated rings. The molecule has 1 saturated carbocycles. The van der Waals surface area contributed by atoms with Crippen LogP contribution in [0.5, 0.6) is 17.4 Å². The van der Waals surface area contributed by atoms with E-state index >= 15 is 0 Å². The average Bonchev–Trinajstić information content (AvgIpc) is 3.64. The van der Waals surface area contributed by atoms with Gasteiger partial charge >= 0.3 is 0 Å². The van der Waals surface area contributed by atoms with Crippen LogP contribution in [0.2, 0.25) is 0 Å². The number of hydrogen-bond acceptors (Lipinski definition) is 6. The van der Waals surface area contributed by atoms with Crippen molar-refractivity contribution in [2.75, 3.05) is 33.4 Å². The number of para-hydroxylation sites is 1. The van der Waals surface area contributed by atoms with Crippen molar-refractivity contribution in [3.63, 3.8) is 0 Å². The molecular weight excluding hydrogens is 442 g/mol. The molecule has 0 unspecified atom stereocenters. The van der Waals surface area contributed by atoms with Crippen molar-refractivity contribution >= 4 is 0 Å². The molecule has 1 aliphatic carbocycles. The van der Waals surface area contributed by atoms with Crippen LogP contribution < -0.4 is 9.47 Å². The van der Waals surface area contributed by atoms with Crippen molar-refractivity contribution in [1.29, 1.82) is 0 Å². The minimum absolute atomic E-state index is 0.197. The summed E-state index contributed by atoms with van der Waals surface area (Å²) in [4.78, 5) is 2.27. The Hall–Kier alpha value is -3.31. The SMILES string of the molecule is C#CCOC[C@@H](O)CN(Cc1c(C)nn(-c2ccccc2)c1Oc1ccc(OC)cc1)CC1CC1. The smallest absolute Gasteiger partial charge is 0.227 e. The number of aliphatic hydroxyl groups excluding tert-OH is 1. The number of methoxy groups -OCH3 is 1. The molecule has 0 amide bonds. The molecule has 7 nitrogen and oxygen atoms in total. The highest BCUT2D eigenvalue weighted by molar-refractivity contribution is 5.44. The predicted octanol–water partition coefficient (Wildman–Crippen LogP) is 4.20. The van der Waals surface area contributed by atoms with Gasteiger partial charge in [-0.3, -0.25) is 4.90 Å². The van der Waals surface area contributed by atoms with Crippen molar-refractivity contribution in [3.8, 4) is 35.4 Å². The van der Waals surface area contributed by atoms with Crippen molar-refractivity contribution in [1.82, 2.24) is 14.7 Å². The van der Waals surface area contributed by atoms with Crippen LogP contribution in [0, 0.1) is 25.2 Å². The molecule has 0 bridgehead atoms. The number of aliphatic hydroxyl groups is 1. The first kappa shape index (κ1) is 24.8. The lowest BCUT2D eigenvalue weighted by molar-refractivity contribution is 0.0250. The van der Waals surface area contributed by atoms with Crippen LogP contribution in [-0.4, -0.2) is 59.3 Å². The molecule has 0 radical (unpaired) electrons. The maximum atomic E-state index is 10.6. The molecule has 1 atom stereocenters. The zero-order valence-corrected chi connectivity index (χ0v) is 20.4. The lowest BCUT2D eigenvalue weighted by Crippen LogP contribution is -2.36. The minimum Gasteiger partial charge on any atom is -0.497 e. The summed E-state index contributed by atoms with van der Waals surface area (Å²) < 4.78 is 18.9. The molecular formula is C28H33N3O4. The van der Waals surface area contributed by atoms with Crippen molar-refractivity contribution in [3.05, 3.63) is 65.9 Å². The molecule has 4 rings (SSSR count). The van der Waals surface area contributed by atoms with Crippen LogP contribution in [-0.2, 0) is 11.3 Å². The zero-order valence-electron chi connectivity index (χ0n) is 20.4. The fourth-order valence-corrected chi connectivity index (χ4v) is 4.02. The molecule has 1 heterocycles. The van der Waals surface area contributed by atoms with Crippen LogP contribution >= 0.6 is 0 Å². The number of aromatic nitrogens is 2. The highest BCUT2D eigenvalue weighted by Gasteiger charge is 2.28. The molecule has 1 N–H and O–H groups in total. The lowest BCUT2D eigenvalue weighted by atomic mass is 10.2.